The van der Waals surface area contributed by atoms with Crippen LogP contribution in [0.2, 0.25) is 5.02 Å². The molecule has 0 radical (unpaired) electrons. The highest BCUT2D eigenvalue weighted by Gasteiger charge is 2.14. The maximum absolute atomic E-state index is 12.4. The Kier molecular flexibility index (Phi) is 5.71. The Bertz CT molecular complexity index is 862. The summed E-state index contributed by atoms with van der Waals surface area (Å²) in [5.74, 6) is 0.0514. The molecule has 0 bridgehead atoms. The lowest BCUT2D eigenvalue weighted by atomic mass is 10.2. The van der Waals surface area contributed by atoms with E-state index in [1.807, 2.05) is 48.8 Å². The van der Waals surface area contributed by atoms with Gasteiger partial charge in [0.15, 0.2) is 0 Å². The van der Waals surface area contributed by atoms with E-state index in [0.29, 0.717) is 18.0 Å². The highest BCUT2D eigenvalue weighted by molar-refractivity contribution is 9.11. The van der Waals surface area contributed by atoms with E-state index >= 15 is 0 Å². The van der Waals surface area contributed by atoms with Gasteiger partial charge in [0.25, 0.3) is 0 Å². The first-order valence-corrected chi connectivity index (χ1v) is 10.1. The van der Waals surface area contributed by atoms with E-state index in [1.165, 1.54) is 11.3 Å². The van der Waals surface area contributed by atoms with Crippen LogP contribution in [0.3, 0.4) is 0 Å². The number of nitrogens with zero attached hydrogens (tertiary/aromatic N) is 2. The van der Waals surface area contributed by atoms with Crippen LogP contribution in [0.15, 0.2) is 45.6 Å². The van der Waals surface area contributed by atoms with Crippen molar-refractivity contribution in [1.29, 1.82) is 0 Å². The first-order chi connectivity index (χ1) is 11.5. The minimum Gasteiger partial charge on any atom is -0.340 e. The van der Waals surface area contributed by atoms with Gasteiger partial charge in [0.05, 0.1) is 27.5 Å². The molecule has 2 heterocycles. The van der Waals surface area contributed by atoms with Crippen molar-refractivity contribution < 1.29 is 4.79 Å². The number of hydrogen-bond donors (Lipinski definition) is 0. The molecule has 0 aliphatic carbocycles. The van der Waals surface area contributed by atoms with E-state index in [4.69, 9.17) is 11.6 Å². The van der Waals surface area contributed by atoms with Crippen molar-refractivity contribution in [1.82, 2.24) is 9.88 Å². The number of thiophene rings is 1. The van der Waals surface area contributed by atoms with Crippen LogP contribution in [0.4, 0.5) is 0 Å². The second-order valence-corrected chi connectivity index (χ2v) is 9.07. The third-order valence-electron chi connectivity index (χ3n) is 3.44. The Balaban J connectivity index is 1.66. The lowest BCUT2D eigenvalue weighted by molar-refractivity contribution is -0.129. The molecule has 7 heteroatoms. The molecule has 0 atom stereocenters. The van der Waals surface area contributed by atoms with Crippen molar-refractivity contribution in [3.05, 3.63) is 61.2 Å². The number of thiazole rings is 1. The fourth-order valence-electron chi connectivity index (χ4n) is 2.20. The van der Waals surface area contributed by atoms with Crippen molar-refractivity contribution in [2.75, 3.05) is 7.05 Å². The van der Waals surface area contributed by atoms with Gasteiger partial charge < -0.3 is 4.90 Å². The molecule has 0 saturated heterocycles. The summed E-state index contributed by atoms with van der Waals surface area (Å²) in [4.78, 5) is 19.8. The number of amides is 1. The minimum atomic E-state index is 0.0514. The average molecular weight is 442 g/mol. The van der Waals surface area contributed by atoms with E-state index in [1.54, 1.807) is 16.2 Å². The molecule has 1 amide bonds. The van der Waals surface area contributed by atoms with Gasteiger partial charge in [-0.15, -0.1) is 22.7 Å². The van der Waals surface area contributed by atoms with Crippen molar-refractivity contribution in [2.45, 2.75) is 13.0 Å². The van der Waals surface area contributed by atoms with E-state index in [0.717, 1.165) is 24.9 Å². The molecule has 2 aromatic heterocycles. The van der Waals surface area contributed by atoms with Crippen LogP contribution in [0, 0.1) is 0 Å². The molecule has 24 heavy (non-hydrogen) atoms. The number of hydrogen-bond acceptors (Lipinski definition) is 4. The van der Waals surface area contributed by atoms with E-state index < -0.39 is 0 Å². The lowest BCUT2D eigenvalue weighted by Crippen LogP contribution is -2.27. The Labute approximate surface area is 162 Å². The topological polar surface area (TPSA) is 33.2 Å². The largest absolute Gasteiger partial charge is 0.340 e. The third kappa shape index (κ3) is 4.25. The quantitative estimate of drug-likeness (QED) is 0.524. The third-order valence-corrected chi connectivity index (χ3v) is 6.30. The Morgan fingerprint density at radius 3 is 2.79 bits per heavy atom. The smallest absolute Gasteiger partial charge is 0.228 e. The average Bonchev–Trinajstić information content (AvgIpc) is 3.17. The fraction of sp³-hybridized carbons (Fsp3) is 0.176. The van der Waals surface area contributed by atoms with E-state index in [9.17, 15) is 4.79 Å². The number of likely N-dealkylation sites (N-methyl/N-ethyl adjacent to an activating group) is 1. The normalized spacial score (nSPS) is 10.8. The number of halogens is 2. The molecule has 3 nitrogen and oxygen atoms in total. The lowest BCUT2D eigenvalue weighted by Gasteiger charge is -2.15. The molecule has 0 unspecified atom stereocenters. The van der Waals surface area contributed by atoms with Gasteiger partial charge in [-0.05, 0) is 34.1 Å². The number of benzene rings is 1. The first-order valence-electron chi connectivity index (χ1n) is 7.20. The van der Waals surface area contributed by atoms with Crippen LogP contribution >= 0.6 is 50.2 Å². The first kappa shape index (κ1) is 17.6. The SMILES string of the molecule is CN(Cc1ccc(Br)s1)C(=O)Cc1csc(-c2ccccc2Cl)n1. The van der Waals surface area contributed by atoms with Crippen LogP contribution in [0.1, 0.15) is 10.6 Å². The molecular formula is C17H14BrClN2OS2. The molecular weight excluding hydrogens is 428 g/mol. The van der Waals surface area contributed by atoms with Gasteiger partial charge in [-0.1, -0.05) is 29.8 Å². The van der Waals surface area contributed by atoms with E-state index in [-0.39, 0.29) is 5.91 Å². The highest BCUT2D eigenvalue weighted by Crippen LogP contribution is 2.30. The zero-order valence-electron chi connectivity index (χ0n) is 12.8. The zero-order chi connectivity index (χ0) is 17.1. The Morgan fingerprint density at radius 1 is 1.29 bits per heavy atom. The number of aromatic nitrogens is 1. The summed E-state index contributed by atoms with van der Waals surface area (Å²) in [7, 11) is 1.82. The molecule has 3 aromatic rings. The Morgan fingerprint density at radius 2 is 2.08 bits per heavy atom. The zero-order valence-corrected chi connectivity index (χ0v) is 16.8. The van der Waals surface area contributed by atoms with Gasteiger partial charge in [-0.3, -0.25) is 4.79 Å². The number of carbonyl (C=O) groups is 1. The van der Waals surface area contributed by atoms with Gasteiger partial charge >= 0.3 is 0 Å². The number of carbonyl (C=O) groups excluding carboxylic acids is 1. The summed E-state index contributed by atoms with van der Waals surface area (Å²) in [5.41, 5.74) is 1.68. The molecule has 124 valence electrons. The van der Waals surface area contributed by atoms with Crippen LogP contribution in [0.5, 0.6) is 0 Å². The van der Waals surface area contributed by atoms with Gasteiger partial charge in [0.1, 0.15) is 5.01 Å². The van der Waals surface area contributed by atoms with Crippen LogP contribution < -0.4 is 0 Å². The van der Waals surface area contributed by atoms with Crippen molar-refractivity contribution >= 4 is 56.1 Å². The van der Waals surface area contributed by atoms with Crippen LogP contribution in [-0.4, -0.2) is 22.8 Å². The standard InChI is InChI=1S/C17H14BrClN2OS2/c1-21(9-12-6-7-15(18)24-12)16(22)8-11-10-23-17(20-11)13-4-2-3-5-14(13)19/h2-7,10H,8-9H2,1H3. The maximum Gasteiger partial charge on any atom is 0.228 e. The second-order valence-electron chi connectivity index (χ2n) is 5.26. The molecule has 0 aliphatic heterocycles. The van der Waals surface area contributed by atoms with Crippen molar-refractivity contribution in [3.8, 4) is 10.6 Å². The molecule has 0 spiro atoms. The molecule has 0 fully saturated rings. The molecule has 1 aromatic carbocycles. The van der Waals surface area contributed by atoms with Gasteiger partial charge in [-0.2, -0.15) is 0 Å². The Hall–Kier alpha value is -1.21. The number of rotatable bonds is 5. The van der Waals surface area contributed by atoms with Crippen molar-refractivity contribution in [2.24, 2.45) is 0 Å². The summed E-state index contributed by atoms with van der Waals surface area (Å²) in [6.45, 7) is 0.608. The van der Waals surface area contributed by atoms with Gasteiger partial charge in [-0.25, -0.2) is 4.98 Å². The predicted octanol–water partition coefficient (Wildman–Crippen LogP) is 5.49. The van der Waals surface area contributed by atoms with E-state index in [2.05, 4.69) is 20.9 Å². The predicted molar refractivity (Wildman–Crippen MR) is 105 cm³/mol. The summed E-state index contributed by atoms with van der Waals surface area (Å²) < 4.78 is 1.07. The van der Waals surface area contributed by atoms with Crippen LogP contribution in [-0.2, 0) is 17.8 Å². The minimum absolute atomic E-state index is 0.0514. The highest BCUT2D eigenvalue weighted by atomic mass is 79.9. The summed E-state index contributed by atoms with van der Waals surface area (Å²) >= 11 is 12.8. The van der Waals surface area contributed by atoms with Crippen molar-refractivity contribution in [3.63, 3.8) is 0 Å². The fourth-order valence-corrected chi connectivity index (χ4v) is 4.87. The molecule has 0 N–H and O–H groups in total. The summed E-state index contributed by atoms with van der Waals surface area (Å²) in [6.07, 6.45) is 0.296. The molecule has 0 saturated carbocycles. The van der Waals surface area contributed by atoms with Crippen LogP contribution in [0.25, 0.3) is 10.6 Å². The summed E-state index contributed by atoms with van der Waals surface area (Å²) in [5, 5.41) is 3.44. The second kappa shape index (κ2) is 7.78. The molecule has 3 rings (SSSR count). The monoisotopic (exact) mass is 440 g/mol. The van der Waals surface area contributed by atoms with Gasteiger partial charge in [0.2, 0.25) is 5.91 Å². The van der Waals surface area contributed by atoms with Gasteiger partial charge in [0, 0.05) is 22.9 Å². The molecule has 0 aliphatic rings. The maximum atomic E-state index is 12.4. The summed E-state index contributed by atoms with van der Waals surface area (Å²) in [6, 6.07) is 11.6.